The molecule has 0 spiro atoms. The summed E-state index contributed by atoms with van der Waals surface area (Å²) in [6.07, 6.45) is -4.77. The minimum absolute atomic E-state index is 0.111. The standard InChI is InChI=1S/C13H18N2O6Se/c1-2-3-8(17)21-10-7(4-16)20-11(9(10)18)13-15-6(5-22-13)12(14)19/h5,7,9-11,16,18H,2-4H2,1H3,(H2,14,19)/t7-,9-,10-,11?/m1/s1/i2D/t2?,7-,9-,10-,11?. The number of hydrogen-bond donors (Lipinski definition) is 3. The van der Waals surface area contributed by atoms with Gasteiger partial charge in [0.1, 0.15) is 0 Å². The van der Waals surface area contributed by atoms with Crippen molar-refractivity contribution in [1.29, 1.82) is 0 Å². The molecule has 2 heterocycles. The second kappa shape index (κ2) is 7.34. The van der Waals surface area contributed by atoms with Crippen LogP contribution >= 0.6 is 0 Å². The van der Waals surface area contributed by atoms with Gasteiger partial charge >= 0.3 is 134 Å². The van der Waals surface area contributed by atoms with E-state index in [1.165, 1.54) is 0 Å². The zero-order valence-corrected chi connectivity index (χ0v) is 13.6. The van der Waals surface area contributed by atoms with Crippen LogP contribution in [0, 0.1) is 0 Å². The molecule has 1 aromatic heterocycles. The van der Waals surface area contributed by atoms with E-state index < -0.39 is 49.3 Å². The number of nitrogens with two attached hydrogens (primary N) is 1. The summed E-state index contributed by atoms with van der Waals surface area (Å²) in [5, 5.41) is 19.7. The normalized spacial score (nSPS) is 29.9. The molecule has 2 unspecified atom stereocenters. The van der Waals surface area contributed by atoms with Crippen molar-refractivity contribution >= 4 is 26.4 Å². The molecule has 1 aliphatic rings. The first-order valence-corrected chi connectivity index (χ1v) is 8.49. The number of amides is 1. The second-order valence-corrected chi connectivity index (χ2v) is 6.64. The van der Waals surface area contributed by atoms with Gasteiger partial charge in [0.25, 0.3) is 0 Å². The third-order valence-corrected chi connectivity index (χ3v) is 5.07. The molecule has 0 aromatic carbocycles. The van der Waals surface area contributed by atoms with Gasteiger partial charge < -0.3 is 0 Å². The van der Waals surface area contributed by atoms with Gasteiger partial charge in [-0.25, -0.2) is 0 Å². The van der Waals surface area contributed by atoms with Gasteiger partial charge in [-0.3, -0.25) is 0 Å². The Morgan fingerprint density at radius 3 is 2.91 bits per heavy atom. The van der Waals surface area contributed by atoms with Crippen molar-refractivity contribution in [3.05, 3.63) is 15.2 Å². The SMILES string of the molecule is [2H]C(C)CC(=O)O[C@@H]1[C@@H](CO)OC(c2nc(C(N)=O)c[se]2)[C@@H]1O. The monoisotopic (exact) mass is 379 g/mol. The number of aliphatic hydroxyl groups is 2. The van der Waals surface area contributed by atoms with Crippen molar-refractivity contribution in [2.45, 2.75) is 44.2 Å². The molecule has 4 N–H and O–H groups in total. The van der Waals surface area contributed by atoms with Gasteiger partial charge in [-0.15, -0.1) is 0 Å². The van der Waals surface area contributed by atoms with Gasteiger partial charge in [-0.1, -0.05) is 0 Å². The van der Waals surface area contributed by atoms with Crippen LogP contribution in [0.25, 0.3) is 0 Å². The summed E-state index contributed by atoms with van der Waals surface area (Å²) in [6.45, 7) is 1.10. The first kappa shape index (κ1) is 15.6. The number of rotatable bonds is 6. The molecule has 1 aromatic rings. The first-order chi connectivity index (χ1) is 10.8. The fraction of sp³-hybridized carbons (Fsp3) is 0.615. The van der Waals surface area contributed by atoms with Gasteiger partial charge in [0.15, 0.2) is 0 Å². The predicted octanol–water partition coefficient (Wildman–Crippen LogP) is -1.26. The topological polar surface area (TPSA) is 132 Å². The number of primary amides is 1. The molecular weight excluding hydrogens is 359 g/mol. The van der Waals surface area contributed by atoms with Crippen molar-refractivity contribution < 1.29 is 30.6 Å². The van der Waals surface area contributed by atoms with E-state index in [2.05, 4.69) is 4.98 Å². The van der Waals surface area contributed by atoms with E-state index in [0.717, 1.165) is 0 Å². The quantitative estimate of drug-likeness (QED) is 0.416. The minimum atomic E-state index is -1.21. The summed E-state index contributed by atoms with van der Waals surface area (Å²) in [6, 6.07) is 0. The van der Waals surface area contributed by atoms with Gasteiger partial charge in [0.05, 0.1) is 0 Å². The van der Waals surface area contributed by atoms with Crippen LogP contribution in [0.3, 0.4) is 0 Å². The molecule has 0 bridgehead atoms. The Labute approximate surface area is 134 Å². The summed E-state index contributed by atoms with van der Waals surface area (Å²) in [7, 11) is 0. The molecule has 1 aliphatic heterocycles. The van der Waals surface area contributed by atoms with E-state index in [9.17, 15) is 19.8 Å². The molecular formula is C13H18N2O6Se. The van der Waals surface area contributed by atoms with Crippen LogP contribution in [0.5, 0.6) is 0 Å². The fourth-order valence-electron chi connectivity index (χ4n) is 2.13. The van der Waals surface area contributed by atoms with E-state index >= 15 is 0 Å². The van der Waals surface area contributed by atoms with Crippen LogP contribution in [0.4, 0.5) is 0 Å². The Morgan fingerprint density at radius 1 is 1.64 bits per heavy atom. The Bertz CT molecular complexity index is 581. The van der Waals surface area contributed by atoms with Crippen LogP contribution in [0.2, 0.25) is 0 Å². The Hall–Kier alpha value is -1.25. The molecule has 2 rings (SSSR count). The molecule has 0 aliphatic carbocycles. The molecule has 122 valence electrons. The van der Waals surface area contributed by atoms with E-state index in [4.69, 9.17) is 16.6 Å². The molecule has 8 nitrogen and oxygen atoms in total. The molecule has 0 saturated carbocycles. The number of aliphatic hydroxyl groups excluding tert-OH is 2. The summed E-state index contributed by atoms with van der Waals surface area (Å²) in [4.78, 5) is 28.4. The maximum atomic E-state index is 11.7. The summed E-state index contributed by atoms with van der Waals surface area (Å²) < 4.78 is 18.5. The van der Waals surface area contributed by atoms with Crippen LogP contribution < -0.4 is 5.73 Å². The molecule has 22 heavy (non-hydrogen) atoms. The van der Waals surface area contributed by atoms with E-state index in [1.807, 2.05) is 0 Å². The van der Waals surface area contributed by atoms with Gasteiger partial charge in [0, 0.05) is 0 Å². The number of esters is 1. The molecule has 1 saturated heterocycles. The van der Waals surface area contributed by atoms with Gasteiger partial charge in [-0.05, 0) is 0 Å². The van der Waals surface area contributed by atoms with E-state index in [0.29, 0.717) is 4.57 Å². The van der Waals surface area contributed by atoms with Crippen molar-refractivity contribution in [3.8, 4) is 0 Å². The number of aromatic nitrogens is 1. The predicted molar refractivity (Wildman–Crippen MR) is 75.2 cm³/mol. The van der Waals surface area contributed by atoms with Crippen molar-refractivity contribution in [2.24, 2.45) is 5.73 Å². The Kier molecular flexibility index (Phi) is 5.22. The summed E-state index contributed by atoms with van der Waals surface area (Å²) in [5.74, 6) is -1.31. The molecule has 0 radical (unpaired) electrons. The number of ether oxygens (including phenoxy) is 2. The fourth-order valence-corrected chi connectivity index (χ4v) is 3.98. The van der Waals surface area contributed by atoms with Crippen LogP contribution in [-0.4, -0.2) is 66.5 Å². The molecule has 1 fully saturated rings. The number of nitrogens with zero attached hydrogens (tertiary/aromatic N) is 1. The average Bonchev–Trinajstić information content (AvgIpc) is 3.04. The van der Waals surface area contributed by atoms with Crippen LogP contribution in [-0.2, 0) is 14.3 Å². The number of carbonyl (C=O) groups excluding carboxylic acids is 2. The Morgan fingerprint density at radius 2 is 2.36 bits per heavy atom. The van der Waals surface area contributed by atoms with E-state index in [-0.39, 0.29) is 26.6 Å². The van der Waals surface area contributed by atoms with Crippen molar-refractivity contribution in [1.82, 2.24) is 4.98 Å². The Balaban J connectivity index is 2.12. The van der Waals surface area contributed by atoms with Crippen molar-refractivity contribution in [2.75, 3.05) is 6.61 Å². The zero-order valence-electron chi connectivity index (χ0n) is 12.8. The average molecular weight is 378 g/mol. The summed E-state index contributed by atoms with van der Waals surface area (Å²) in [5.41, 5.74) is 5.26. The third-order valence-electron chi connectivity index (χ3n) is 3.17. The van der Waals surface area contributed by atoms with Crippen LogP contribution in [0.1, 0.15) is 42.3 Å². The zero-order chi connectivity index (χ0) is 17.1. The second-order valence-electron chi connectivity index (χ2n) is 4.77. The van der Waals surface area contributed by atoms with Crippen LogP contribution in [0.15, 0.2) is 4.94 Å². The molecule has 1 amide bonds. The first-order valence-electron chi connectivity index (χ1n) is 7.22. The number of hydrogen-bond acceptors (Lipinski definition) is 7. The van der Waals surface area contributed by atoms with Gasteiger partial charge in [-0.2, -0.15) is 0 Å². The van der Waals surface area contributed by atoms with Gasteiger partial charge in [0.2, 0.25) is 0 Å². The van der Waals surface area contributed by atoms with E-state index in [1.54, 1.807) is 11.9 Å². The molecule has 5 atom stereocenters. The number of carbonyl (C=O) groups is 2. The molecule has 9 heteroatoms. The summed E-state index contributed by atoms with van der Waals surface area (Å²) >= 11 is -0.315. The maximum absolute atomic E-state index is 11.7. The third kappa shape index (κ3) is 3.56. The van der Waals surface area contributed by atoms with Crippen molar-refractivity contribution in [3.63, 3.8) is 0 Å².